The van der Waals surface area contributed by atoms with Crippen molar-refractivity contribution in [2.75, 3.05) is 40.5 Å². The molecule has 0 radical (unpaired) electrons. The number of hydrogen-bond donors (Lipinski definition) is 1. The van der Waals surface area contributed by atoms with E-state index in [4.69, 9.17) is 15.2 Å². The Hall–Kier alpha value is -1.17. The molecule has 1 aromatic carbocycles. The van der Waals surface area contributed by atoms with Crippen LogP contribution in [0.25, 0.3) is 0 Å². The molecule has 0 aliphatic heterocycles. The third-order valence-corrected chi connectivity index (χ3v) is 2.93. The first-order valence-electron chi connectivity index (χ1n) is 6.43. The third kappa shape index (κ3) is 5.14. The summed E-state index contributed by atoms with van der Waals surface area (Å²) in [7, 11) is 3.41. The summed E-state index contributed by atoms with van der Waals surface area (Å²) in [4.78, 5) is 2.07. The summed E-state index contributed by atoms with van der Waals surface area (Å²) < 4.78 is 23.7. The summed E-state index contributed by atoms with van der Waals surface area (Å²) in [5.41, 5.74) is 6.84. The molecule has 0 fully saturated rings. The van der Waals surface area contributed by atoms with Crippen LogP contribution in [-0.2, 0) is 4.74 Å². The van der Waals surface area contributed by atoms with Crippen molar-refractivity contribution in [1.29, 1.82) is 0 Å². The van der Waals surface area contributed by atoms with Crippen molar-refractivity contribution in [2.45, 2.75) is 13.0 Å². The molecule has 0 aliphatic carbocycles. The number of ether oxygens (including phenoxy) is 2. The minimum Gasteiger partial charge on any atom is -0.494 e. The highest BCUT2D eigenvalue weighted by atomic mass is 19.1. The third-order valence-electron chi connectivity index (χ3n) is 2.93. The van der Waals surface area contributed by atoms with Gasteiger partial charge in [-0.3, -0.25) is 0 Å². The number of nitrogens with two attached hydrogens (primary N) is 1. The molecule has 5 heteroatoms. The predicted octanol–water partition coefficient (Wildman–Crippen LogP) is 1.80. The fraction of sp³-hybridized carbons (Fsp3) is 0.571. The van der Waals surface area contributed by atoms with Gasteiger partial charge in [0.1, 0.15) is 0 Å². The second kappa shape index (κ2) is 8.09. The quantitative estimate of drug-likeness (QED) is 0.732. The van der Waals surface area contributed by atoms with Gasteiger partial charge in [0, 0.05) is 25.7 Å². The lowest BCUT2D eigenvalue weighted by molar-refractivity contribution is 0.120. The highest BCUT2D eigenvalue weighted by molar-refractivity contribution is 5.31. The fourth-order valence-electron chi connectivity index (χ4n) is 1.81. The van der Waals surface area contributed by atoms with Crippen LogP contribution in [0.5, 0.6) is 5.75 Å². The minimum atomic E-state index is -0.382. The van der Waals surface area contributed by atoms with E-state index in [1.54, 1.807) is 12.1 Å². The molecule has 0 bridgehead atoms. The summed E-state index contributed by atoms with van der Waals surface area (Å²) in [6.45, 7) is 4.81. The standard InChI is InChI=1S/C14H23FN2O2/c1-4-19-8-7-17(2)10-13(16)11-5-6-14(18-3)12(15)9-11/h5-6,9,13H,4,7-8,10,16H2,1-3H3. The van der Waals surface area contributed by atoms with E-state index in [0.717, 1.165) is 12.1 Å². The summed E-state index contributed by atoms with van der Waals surface area (Å²) in [6.07, 6.45) is 0. The van der Waals surface area contributed by atoms with Crippen LogP contribution < -0.4 is 10.5 Å². The number of likely N-dealkylation sites (N-methyl/N-ethyl adjacent to an activating group) is 1. The number of rotatable bonds is 8. The zero-order valence-corrected chi connectivity index (χ0v) is 11.9. The lowest BCUT2D eigenvalue weighted by Crippen LogP contribution is -2.31. The van der Waals surface area contributed by atoms with E-state index in [9.17, 15) is 4.39 Å². The second-order valence-electron chi connectivity index (χ2n) is 4.46. The maximum Gasteiger partial charge on any atom is 0.165 e. The molecule has 19 heavy (non-hydrogen) atoms. The second-order valence-corrected chi connectivity index (χ2v) is 4.46. The molecule has 0 aliphatic rings. The van der Waals surface area contributed by atoms with E-state index >= 15 is 0 Å². The monoisotopic (exact) mass is 270 g/mol. The first-order valence-corrected chi connectivity index (χ1v) is 6.43. The van der Waals surface area contributed by atoms with Crippen molar-refractivity contribution in [3.05, 3.63) is 29.6 Å². The number of methoxy groups -OCH3 is 1. The van der Waals surface area contributed by atoms with E-state index in [0.29, 0.717) is 19.8 Å². The van der Waals surface area contributed by atoms with Gasteiger partial charge >= 0.3 is 0 Å². The molecule has 0 amide bonds. The average molecular weight is 270 g/mol. The van der Waals surface area contributed by atoms with E-state index in [2.05, 4.69) is 4.90 Å². The van der Waals surface area contributed by atoms with E-state index in [-0.39, 0.29) is 17.6 Å². The molecule has 1 unspecified atom stereocenters. The Morgan fingerprint density at radius 1 is 1.42 bits per heavy atom. The Morgan fingerprint density at radius 2 is 2.16 bits per heavy atom. The van der Waals surface area contributed by atoms with Crippen LogP contribution in [0.3, 0.4) is 0 Å². The van der Waals surface area contributed by atoms with Crippen LogP contribution in [0.4, 0.5) is 4.39 Å². The van der Waals surface area contributed by atoms with Crippen molar-refractivity contribution in [3.63, 3.8) is 0 Å². The molecule has 1 rings (SSSR count). The molecule has 0 saturated carbocycles. The first-order chi connectivity index (χ1) is 9.08. The average Bonchev–Trinajstić information content (AvgIpc) is 2.38. The molecular weight excluding hydrogens is 247 g/mol. The lowest BCUT2D eigenvalue weighted by Gasteiger charge is -2.21. The maximum atomic E-state index is 13.6. The van der Waals surface area contributed by atoms with Gasteiger partial charge in [0.15, 0.2) is 11.6 Å². The summed E-state index contributed by atoms with van der Waals surface area (Å²) in [6, 6.07) is 4.60. The van der Waals surface area contributed by atoms with Crippen LogP contribution in [0.15, 0.2) is 18.2 Å². The molecule has 108 valence electrons. The van der Waals surface area contributed by atoms with E-state index < -0.39 is 0 Å². The Bertz CT molecular complexity index is 388. The SMILES string of the molecule is CCOCCN(C)CC(N)c1ccc(OC)c(F)c1. The van der Waals surface area contributed by atoms with E-state index in [1.165, 1.54) is 13.2 Å². The smallest absolute Gasteiger partial charge is 0.165 e. The lowest BCUT2D eigenvalue weighted by atomic mass is 10.1. The largest absolute Gasteiger partial charge is 0.494 e. The van der Waals surface area contributed by atoms with Crippen LogP contribution in [0, 0.1) is 5.82 Å². The summed E-state index contributed by atoms with van der Waals surface area (Å²) in [5.74, 6) is -0.145. The Morgan fingerprint density at radius 3 is 2.74 bits per heavy atom. The maximum absolute atomic E-state index is 13.6. The fourth-order valence-corrected chi connectivity index (χ4v) is 1.81. The van der Waals surface area contributed by atoms with Gasteiger partial charge in [-0.1, -0.05) is 6.07 Å². The number of hydrogen-bond acceptors (Lipinski definition) is 4. The van der Waals surface area contributed by atoms with Crippen molar-refractivity contribution in [1.82, 2.24) is 4.90 Å². The minimum absolute atomic E-state index is 0.230. The molecule has 1 atom stereocenters. The zero-order valence-electron chi connectivity index (χ0n) is 11.9. The Labute approximate surface area is 114 Å². The summed E-state index contributed by atoms with van der Waals surface area (Å²) in [5, 5.41) is 0. The zero-order chi connectivity index (χ0) is 14.3. The number of nitrogens with zero attached hydrogens (tertiary/aromatic N) is 1. The van der Waals surface area contributed by atoms with Gasteiger partial charge in [0.05, 0.1) is 13.7 Å². The normalized spacial score (nSPS) is 12.7. The molecular formula is C14H23FN2O2. The van der Waals surface area contributed by atoms with Gasteiger partial charge in [-0.05, 0) is 31.7 Å². The molecule has 2 N–H and O–H groups in total. The van der Waals surface area contributed by atoms with Crippen LogP contribution in [0.1, 0.15) is 18.5 Å². The molecule has 0 heterocycles. The first kappa shape index (κ1) is 15.9. The predicted molar refractivity (Wildman–Crippen MR) is 73.9 cm³/mol. The molecule has 0 spiro atoms. The van der Waals surface area contributed by atoms with Crippen molar-refractivity contribution < 1.29 is 13.9 Å². The molecule has 0 saturated heterocycles. The van der Waals surface area contributed by atoms with Crippen molar-refractivity contribution in [2.24, 2.45) is 5.73 Å². The summed E-state index contributed by atoms with van der Waals surface area (Å²) >= 11 is 0. The number of halogens is 1. The molecule has 4 nitrogen and oxygen atoms in total. The van der Waals surface area contributed by atoms with Crippen LogP contribution >= 0.6 is 0 Å². The van der Waals surface area contributed by atoms with Crippen LogP contribution in [-0.4, -0.2) is 45.4 Å². The van der Waals surface area contributed by atoms with Crippen molar-refractivity contribution in [3.8, 4) is 5.75 Å². The topological polar surface area (TPSA) is 47.7 Å². The van der Waals surface area contributed by atoms with Gasteiger partial charge < -0.3 is 20.1 Å². The highest BCUT2D eigenvalue weighted by Gasteiger charge is 2.12. The van der Waals surface area contributed by atoms with Gasteiger partial charge in [0.2, 0.25) is 0 Å². The van der Waals surface area contributed by atoms with Crippen molar-refractivity contribution >= 4 is 0 Å². The van der Waals surface area contributed by atoms with E-state index in [1.807, 2.05) is 14.0 Å². The number of benzene rings is 1. The van der Waals surface area contributed by atoms with Crippen LogP contribution in [0.2, 0.25) is 0 Å². The van der Waals surface area contributed by atoms with Gasteiger partial charge in [-0.15, -0.1) is 0 Å². The Balaban J connectivity index is 2.52. The van der Waals surface area contributed by atoms with Gasteiger partial charge in [-0.2, -0.15) is 0 Å². The molecule has 0 aromatic heterocycles. The van der Waals surface area contributed by atoms with Gasteiger partial charge in [-0.25, -0.2) is 4.39 Å². The molecule has 1 aromatic rings. The Kier molecular flexibility index (Phi) is 6.77. The van der Waals surface area contributed by atoms with Gasteiger partial charge in [0.25, 0.3) is 0 Å². The highest BCUT2D eigenvalue weighted by Crippen LogP contribution is 2.21.